The van der Waals surface area contributed by atoms with Crippen molar-refractivity contribution in [1.82, 2.24) is 5.32 Å². The third-order valence-corrected chi connectivity index (χ3v) is 3.44. The van der Waals surface area contributed by atoms with Gasteiger partial charge in [0.05, 0.1) is 6.54 Å². The first-order valence-corrected chi connectivity index (χ1v) is 6.46. The van der Waals surface area contributed by atoms with Crippen molar-refractivity contribution >= 4 is 11.9 Å². The molecule has 3 rings (SSSR count). The number of nitrogens with one attached hydrogen (secondary N) is 1. The molecule has 2 aliphatic rings. The minimum Gasteiger partial charge on any atom is -0.489 e. The van der Waals surface area contributed by atoms with E-state index in [1.54, 1.807) is 0 Å². The van der Waals surface area contributed by atoms with Crippen LogP contribution in [0.3, 0.4) is 0 Å². The van der Waals surface area contributed by atoms with Crippen molar-refractivity contribution in [3.05, 3.63) is 29.3 Å². The summed E-state index contributed by atoms with van der Waals surface area (Å²) >= 11 is 0. The number of ketones is 1. The normalized spacial score (nSPS) is 21.6. The van der Waals surface area contributed by atoms with Gasteiger partial charge in [-0.3, -0.25) is 4.79 Å². The van der Waals surface area contributed by atoms with Crippen LogP contribution in [0.4, 0.5) is 4.79 Å². The number of rotatable bonds is 3. The summed E-state index contributed by atoms with van der Waals surface area (Å²) in [6, 6.07) is 5.54. The van der Waals surface area contributed by atoms with Crippen LogP contribution in [0.25, 0.3) is 0 Å². The summed E-state index contributed by atoms with van der Waals surface area (Å²) < 4.78 is 10.7. The molecule has 100 valence electrons. The molecule has 19 heavy (non-hydrogen) atoms. The number of amides is 1. The Labute approximate surface area is 110 Å². The van der Waals surface area contributed by atoms with Gasteiger partial charge in [0.2, 0.25) is 0 Å². The maximum Gasteiger partial charge on any atom is 0.407 e. The largest absolute Gasteiger partial charge is 0.489 e. The summed E-state index contributed by atoms with van der Waals surface area (Å²) in [5.74, 6) is 0.911. The Bertz CT molecular complexity index is 526. The quantitative estimate of drug-likeness (QED) is 0.899. The SMILES string of the molecule is O=C1NCC(COc2cccc3c2CCCC3=O)O1. The van der Waals surface area contributed by atoms with Crippen LogP contribution in [0, 0.1) is 0 Å². The highest BCUT2D eigenvalue weighted by Crippen LogP contribution is 2.29. The van der Waals surface area contributed by atoms with E-state index in [9.17, 15) is 9.59 Å². The van der Waals surface area contributed by atoms with Crippen molar-refractivity contribution in [2.45, 2.75) is 25.4 Å². The van der Waals surface area contributed by atoms with Crippen LogP contribution in [-0.2, 0) is 11.2 Å². The predicted molar refractivity (Wildman–Crippen MR) is 67.5 cm³/mol. The molecule has 1 aromatic rings. The second-order valence-corrected chi connectivity index (χ2v) is 4.78. The summed E-state index contributed by atoms with van der Waals surface area (Å²) in [4.78, 5) is 22.7. The first kappa shape index (κ1) is 12.0. The third-order valence-electron chi connectivity index (χ3n) is 3.44. The molecule has 1 unspecified atom stereocenters. The number of fused-ring (bicyclic) bond motifs is 1. The van der Waals surface area contributed by atoms with Crippen LogP contribution in [0.1, 0.15) is 28.8 Å². The van der Waals surface area contributed by atoms with Crippen molar-refractivity contribution in [2.75, 3.05) is 13.2 Å². The van der Waals surface area contributed by atoms with Crippen LogP contribution in [0.15, 0.2) is 18.2 Å². The van der Waals surface area contributed by atoms with Crippen molar-refractivity contribution in [2.24, 2.45) is 0 Å². The fourth-order valence-electron chi connectivity index (χ4n) is 2.49. The van der Waals surface area contributed by atoms with E-state index in [-0.39, 0.29) is 11.9 Å². The number of carbonyl (C=O) groups is 2. The number of hydrogen-bond donors (Lipinski definition) is 1. The highest BCUT2D eigenvalue weighted by molar-refractivity contribution is 5.99. The topological polar surface area (TPSA) is 64.6 Å². The van der Waals surface area contributed by atoms with Gasteiger partial charge in [-0.1, -0.05) is 12.1 Å². The van der Waals surface area contributed by atoms with Crippen LogP contribution in [-0.4, -0.2) is 31.1 Å². The number of hydrogen-bond acceptors (Lipinski definition) is 4. The van der Waals surface area contributed by atoms with Gasteiger partial charge in [0, 0.05) is 17.5 Å². The third kappa shape index (κ3) is 2.41. The van der Waals surface area contributed by atoms with Gasteiger partial charge in [0.25, 0.3) is 0 Å². The van der Waals surface area contributed by atoms with Gasteiger partial charge >= 0.3 is 6.09 Å². The molecule has 1 aliphatic carbocycles. The Hall–Kier alpha value is -2.04. The van der Waals surface area contributed by atoms with Crippen LogP contribution >= 0.6 is 0 Å². The molecule has 0 aromatic heterocycles. The lowest BCUT2D eigenvalue weighted by Crippen LogP contribution is -2.23. The molecule has 1 atom stereocenters. The molecule has 0 saturated carbocycles. The van der Waals surface area contributed by atoms with Gasteiger partial charge in [-0.15, -0.1) is 0 Å². The fraction of sp³-hybridized carbons (Fsp3) is 0.429. The number of alkyl carbamates (subject to hydrolysis) is 1. The molecule has 1 fully saturated rings. The van der Waals surface area contributed by atoms with Crippen LogP contribution in [0.5, 0.6) is 5.75 Å². The standard InChI is InChI=1S/C14H15NO4/c16-12-5-1-4-11-10(12)3-2-6-13(11)18-8-9-7-15-14(17)19-9/h2-3,6,9H,1,4-5,7-8H2,(H,15,17). The molecule has 1 heterocycles. The van der Waals surface area contributed by atoms with Crippen molar-refractivity contribution < 1.29 is 19.1 Å². The second-order valence-electron chi connectivity index (χ2n) is 4.78. The predicted octanol–water partition coefficient (Wildman–Crippen LogP) is 1.69. The Kier molecular flexibility index (Phi) is 3.11. The zero-order valence-corrected chi connectivity index (χ0v) is 10.5. The summed E-state index contributed by atoms with van der Waals surface area (Å²) in [5.41, 5.74) is 1.75. The minimum atomic E-state index is -0.404. The Morgan fingerprint density at radius 3 is 3.00 bits per heavy atom. The van der Waals surface area contributed by atoms with E-state index in [0.717, 1.165) is 29.7 Å². The van der Waals surface area contributed by atoms with E-state index < -0.39 is 6.09 Å². The molecule has 5 heteroatoms. The molecular formula is C14H15NO4. The lowest BCUT2D eigenvalue weighted by molar-refractivity contribution is 0.0968. The minimum absolute atomic E-state index is 0.181. The van der Waals surface area contributed by atoms with E-state index in [1.807, 2.05) is 18.2 Å². The highest BCUT2D eigenvalue weighted by Gasteiger charge is 2.24. The first-order valence-electron chi connectivity index (χ1n) is 6.46. The number of cyclic esters (lactones) is 1. The maximum atomic E-state index is 11.8. The van der Waals surface area contributed by atoms with E-state index in [4.69, 9.17) is 9.47 Å². The van der Waals surface area contributed by atoms with Gasteiger partial charge in [-0.25, -0.2) is 4.79 Å². The average Bonchev–Trinajstić information content (AvgIpc) is 2.83. The van der Waals surface area contributed by atoms with Gasteiger partial charge in [0.15, 0.2) is 11.9 Å². The Balaban J connectivity index is 1.73. The summed E-state index contributed by atoms with van der Waals surface area (Å²) in [6.07, 6.45) is 1.67. The van der Waals surface area contributed by atoms with E-state index in [1.165, 1.54) is 0 Å². The summed E-state index contributed by atoms with van der Waals surface area (Å²) in [6.45, 7) is 0.774. The molecule has 0 bridgehead atoms. The number of Topliss-reactive ketones (excluding diaryl/α,β-unsaturated/α-hetero) is 1. The van der Waals surface area contributed by atoms with Gasteiger partial charge in [-0.2, -0.15) is 0 Å². The lowest BCUT2D eigenvalue weighted by Gasteiger charge is -2.19. The number of ether oxygens (including phenoxy) is 2. The first-order chi connectivity index (χ1) is 9.24. The zero-order valence-electron chi connectivity index (χ0n) is 10.5. The van der Waals surface area contributed by atoms with E-state index in [0.29, 0.717) is 19.6 Å². The van der Waals surface area contributed by atoms with Gasteiger partial charge in [-0.05, 0) is 18.9 Å². The van der Waals surface area contributed by atoms with Crippen molar-refractivity contribution in [3.63, 3.8) is 0 Å². The summed E-state index contributed by atoms with van der Waals surface area (Å²) in [7, 11) is 0. The fourth-order valence-corrected chi connectivity index (χ4v) is 2.49. The molecule has 1 aromatic carbocycles. The number of carbonyl (C=O) groups excluding carboxylic acids is 2. The van der Waals surface area contributed by atoms with Crippen molar-refractivity contribution in [3.8, 4) is 5.75 Å². The summed E-state index contributed by atoms with van der Waals surface area (Å²) in [5, 5.41) is 2.58. The smallest absolute Gasteiger partial charge is 0.407 e. The van der Waals surface area contributed by atoms with Gasteiger partial charge in [0.1, 0.15) is 12.4 Å². The monoisotopic (exact) mass is 261 g/mol. The molecule has 0 radical (unpaired) electrons. The zero-order chi connectivity index (χ0) is 13.2. The van der Waals surface area contributed by atoms with Crippen LogP contribution in [0.2, 0.25) is 0 Å². The van der Waals surface area contributed by atoms with Gasteiger partial charge < -0.3 is 14.8 Å². The Morgan fingerprint density at radius 2 is 2.21 bits per heavy atom. The molecule has 0 spiro atoms. The molecular weight excluding hydrogens is 246 g/mol. The molecule has 1 N–H and O–H groups in total. The highest BCUT2D eigenvalue weighted by atomic mass is 16.6. The molecule has 1 saturated heterocycles. The van der Waals surface area contributed by atoms with Crippen molar-refractivity contribution in [1.29, 1.82) is 0 Å². The van der Waals surface area contributed by atoms with E-state index >= 15 is 0 Å². The maximum absolute atomic E-state index is 11.8. The number of benzene rings is 1. The van der Waals surface area contributed by atoms with E-state index in [2.05, 4.69) is 5.32 Å². The molecule has 1 amide bonds. The van der Waals surface area contributed by atoms with Crippen LogP contribution < -0.4 is 10.1 Å². The lowest BCUT2D eigenvalue weighted by atomic mass is 9.90. The molecule has 1 aliphatic heterocycles. The Morgan fingerprint density at radius 1 is 1.32 bits per heavy atom. The molecule has 5 nitrogen and oxygen atoms in total. The average molecular weight is 261 g/mol. The second kappa shape index (κ2) is 4.91.